The Morgan fingerprint density at radius 3 is 0.921 bits per heavy atom. The molecule has 0 amide bonds. The summed E-state index contributed by atoms with van der Waals surface area (Å²) < 4.78 is 30.5. The van der Waals surface area contributed by atoms with E-state index in [1.165, 1.54) is 94.3 Å². The Hall–Kier alpha value is 1.16. The minimum Gasteiger partial charge on any atom is -0.287 e. The maximum Gasteiger partial charge on any atom is 0.474 e. The third kappa shape index (κ3) is 30.1. The Morgan fingerprint density at radius 2 is 0.658 bits per heavy atom. The summed E-state index contributed by atoms with van der Waals surface area (Å²) in [4.78, 5) is 0. The number of unbranched alkanes of at least 4 members (excludes halogenated alkanes) is 12. The summed E-state index contributed by atoms with van der Waals surface area (Å²) >= 11 is 6.08. The highest BCUT2D eigenvalue weighted by Crippen LogP contribution is 2.50. The van der Waals surface area contributed by atoms with Crippen molar-refractivity contribution in [2.75, 3.05) is 54.3 Å². The second kappa shape index (κ2) is 32.7. The molecule has 0 rings (SSSR count). The fraction of sp³-hybridized carbons (Fsp3) is 1.00. The quantitative estimate of drug-likeness (QED) is 0.0538. The van der Waals surface area contributed by atoms with Crippen LogP contribution >= 0.6 is 43.1 Å². The first-order valence-corrected chi connectivity index (χ1v) is 20.9. The lowest BCUT2D eigenvalue weighted by molar-refractivity contribution is 0.110. The third-order valence-corrected chi connectivity index (χ3v) is 11.2. The van der Waals surface area contributed by atoms with E-state index >= 15 is 0 Å². The first-order chi connectivity index (χ1) is 18.7. The average molecular weight is 615 g/mol. The summed E-state index contributed by atoms with van der Waals surface area (Å²) in [5, 5.41) is 0. The lowest BCUT2D eigenvalue weighted by atomic mass is 10.2. The number of hydrogen-bond donors (Lipinski definition) is 0. The van der Waals surface area contributed by atoms with E-state index in [0.29, 0.717) is 19.8 Å². The van der Waals surface area contributed by atoms with Gasteiger partial charge in [-0.2, -0.15) is 35.3 Å². The van der Waals surface area contributed by atoms with Crippen LogP contribution in [0.4, 0.5) is 0 Å². The van der Waals surface area contributed by atoms with Crippen molar-refractivity contribution in [2.45, 2.75) is 136 Å². The van der Waals surface area contributed by atoms with Gasteiger partial charge in [-0.3, -0.25) is 13.6 Å². The van der Waals surface area contributed by atoms with Gasteiger partial charge in [-0.25, -0.2) is 4.57 Å². The molecule has 0 spiro atoms. The molecular formula is C30H63O4PS3. The summed E-state index contributed by atoms with van der Waals surface area (Å²) in [6, 6.07) is 0. The Bertz CT molecular complexity index is 434. The van der Waals surface area contributed by atoms with Crippen LogP contribution in [-0.4, -0.2) is 54.3 Å². The SMILES string of the molecule is CCCCCCSCCCCOP(=O)(OCCCCSCCCCCC)OCCCCSCCCCCC. The zero-order valence-electron chi connectivity index (χ0n) is 25.4. The maximum atomic E-state index is 13.2. The molecule has 38 heavy (non-hydrogen) atoms. The molecule has 0 bridgehead atoms. The van der Waals surface area contributed by atoms with E-state index in [1.54, 1.807) is 0 Å². The van der Waals surface area contributed by atoms with Crippen molar-refractivity contribution in [3.05, 3.63) is 0 Å². The molecule has 0 unspecified atom stereocenters. The van der Waals surface area contributed by atoms with E-state index in [1.807, 2.05) is 35.3 Å². The summed E-state index contributed by atoms with van der Waals surface area (Å²) in [5.41, 5.74) is 0. The van der Waals surface area contributed by atoms with Gasteiger partial charge in [-0.05, 0) is 92.3 Å². The van der Waals surface area contributed by atoms with Crippen LogP contribution in [0.5, 0.6) is 0 Å². The average Bonchev–Trinajstić information content (AvgIpc) is 2.92. The van der Waals surface area contributed by atoms with Crippen LogP contribution in [0, 0.1) is 0 Å². The van der Waals surface area contributed by atoms with Gasteiger partial charge in [0.1, 0.15) is 0 Å². The van der Waals surface area contributed by atoms with E-state index in [-0.39, 0.29) is 0 Å². The fourth-order valence-corrected chi connectivity index (χ4v) is 8.10. The molecule has 0 heterocycles. The molecule has 0 saturated carbocycles. The molecule has 0 saturated heterocycles. The Balaban J connectivity index is 4.07. The number of rotatable bonds is 33. The summed E-state index contributed by atoms with van der Waals surface area (Å²) in [7, 11) is -3.46. The normalized spacial score (nSPS) is 12.0. The van der Waals surface area contributed by atoms with Crippen molar-refractivity contribution in [3.63, 3.8) is 0 Å². The molecule has 4 nitrogen and oxygen atoms in total. The van der Waals surface area contributed by atoms with Crippen molar-refractivity contribution < 1.29 is 18.1 Å². The first-order valence-electron chi connectivity index (χ1n) is 15.9. The van der Waals surface area contributed by atoms with Crippen LogP contribution in [-0.2, 0) is 18.1 Å². The van der Waals surface area contributed by atoms with Gasteiger partial charge in [0.25, 0.3) is 0 Å². The predicted molar refractivity (Wildman–Crippen MR) is 178 cm³/mol. The molecule has 0 aliphatic heterocycles. The number of thioether (sulfide) groups is 3. The Labute approximate surface area is 251 Å². The van der Waals surface area contributed by atoms with Crippen molar-refractivity contribution in [1.82, 2.24) is 0 Å². The molecule has 0 aliphatic rings. The van der Waals surface area contributed by atoms with Crippen LogP contribution < -0.4 is 0 Å². The molecule has 0 aromatic carbocycles. The smallest absolute Gasteiger partial charge is 0.287 e. The first kappa shape index (κ1) is 39.2. The monoisotopic (exact) mass is 614 g/mol. The Kier molecular flexibility index (Phi) is 33.7. The number of hydrogen-bond acceptors (Lipinski definition) is 7. The van der Waals surface area contributed by atoms with Gasteiger partial charge in [-0.1, -0.05) is 78.6 Å². The highest BCUT2D eigenvalue weighted by Gasteiger charge is 2.26. The molecule has 0 aliphatic carbocycles. The van der Waals surface area contributed by atoms with Gasteiger partial charge in [0.15, 0.2) is 0 Å². The molecule has 8 heteroatoms. The summed E-state index contributed by atoms with van der Waals surface area (Å²) in [5.74, 6) is 7.19. The van der Waals surface area contributed by atoms with Crippen LogP contribution in [0.15, 0.2) is 0 Å². The zero-order valence-corrected chi connectivity index (χ0v) is 28.7. The molecule has 0 radical (unpaired) electrons. The molecule has 0 atom stereocenters. The van der Waals surface area contributed by atoms with Gasteiger partial charge in [0, 0.05) is 0 Å². The highest BCUT2D eigenvalue weighted by molar-refractivity contribution is 7.99. The minimum atomic E-state index is -3.46. The zero-order chi connectivity index (χ0) is 27.8. The standard InChI is InChI=1S/C30H63O4PS3/c1-4-7-10-16-25-36-28-19-13-22-32-35(31,33-23-14-20-29-37-26-17-11-8-5-2)34-24-15-21-30-38-27-18-12-9-6-3/h4-30H2,1-3H3. The van der Waals surface area contributed by atoms with E-state index in [9.17, 15) is 4.57 Å². The predicted octanol–water partition coefficient (Wildman–Crippen LogP) is 11.4. The van der Waals surface area contributed by atoms with Crippen LogP contribution in [0.25, 0.3) is 0 Å². The fourth-order valence-electron chi connectivity index (χ4n) is 3.76. The number of phosphoric acid groups is 1. The van der Waals surface area contributed by atoms with E-state index in [4.69, 9.17) is 13.6 Å². The molecule has 0 N–H and O–H groups in total. The molecular weight excluding hydrogens is 552 g/mol. The molecule has 0 fully saturated rings. The largest absolute Gasteiger partial charge is 0.474 e. The van der Waals surface area contributed by atoms with E-state index in [0.717, 1.165) is 55.8 Å². The van der Waals surface area contributed by atoms with Crippen molar-refractivity contribution in [1.29, 1.82) is 0 Å². The minimum absolute atomic E-state index is 0.453. The van der Waals surface area contributed by atoms with Gasteiger partial charge in [0.05, 0.1) is 19.8 Å². The van der Waals surface area contributed by atoms with Crippen LogP contribution in [0.3, 0.4) is 0 Å². The third-order valence-electron chi connectivity index (χ3n) is 6.22. The summed E-state index contributed by atoms with van der Waals surface area (Å²) in [6.45, 7) is 8.12. The lowest BCUT2D eigenvalue weighted by Gasteiger charge is -2.18. The van der Waals surface area contributed by atoms with Crippen molar-refractivity contribution in [3.8, 4) is 0 Å². The maximum absolute atomic E-state index is 13.2. The summed E-state index contributed by atoms with van der Waals surface area (Å²) in [6.07, 6.45) is 21.9. The van der Waals surface area contributed by atoms with Crippen molar-refractivity contribution in [2.24, 2.45) is 0 Å². The second-order valence-electron chi connectivity index (χ2n) is 10.1. The highest BCUT2D eigenvalue weighted by atomic mass is 32.2. The Morgan fingerprint density at radius 1 is 0.395 bits per heavy atom. The van der Waals surface area contributed by atoms with Crippen LogP contribution in [0.1, 0.15) is 136 Å². The van der Waals surface area contributed by atoms with Gasteiger partial charge in [0.2, 0.25) is 0 Å². The van der Waals surface area contributed by atoms with Gasteiger partial charge in [-0.15, -0.1) is 0 Å². The van der Waals surface area contributed by atoms with Crippen LogP contribution in [0.2, 0.25) is 0 Å². The second-order valence-corrected chi connectivity index (χ2v) is 15.4. The van der Waals surface area contributed by atoms with Gasteiger partial charge < -0.3 is 0 Å². The topological polar surface area (TPSA) is 44.8 Å². The molecule has 0 aromatic rings. The molecule has 0 aromatic heterocycles. The van der Waals surface area contributed by atoms with E-state index in [2.05, 4.69) is 20.8 Å². The van der Waals surface area contributed by atoms with Crippen molar-refractivity contribution >= 4 is 43.1 Å². The van der Waals surface area contributed by atoms with E-state index < -0.39 is 7.82 Å². The molecule has 230 valence electrons. The lowest BCUT2D eigenvalue weighted by Crippen LogP contribution is -2.05. The van der Waals surface area contributed by atoms with Gasteiger partial charge >= 0.3 is 7.82 Å². The number of phosphoric ester groups is 1.